The second-order valence-electron chi connectivity index (χ2n) is 3.90. The molecule has 0 atom stereocenters. The summed E-state index contributed by atoms with van der Waals surface area (Å²) in [6.07, 6.45) is -1.07. The van der Waals surface area contributed by atoms with Gasteiger partial charge in [0.15, 0.2) is 0 Å². The Labute approximate surface area is 116 Å². The van der Waals surface area contributed by atoms with E-state index in [-0.39, 0.29) is 0 Å². The fourth-order valence-corrected chi connectivity index (χ4v) is 1.92. The second-order valence-corrected chi connectivity index (χ2v) is 4.76. The van der Waals surface area contributed by atoms with Gasteiger partial charge in [-0.05, 0) is 51.8 Å². The average molecular weight is 331 g/mol. The fraction of sp³-hybridized carbons (Fsp3) is 0.154. The van der Waals surface area contributed by atoms with Crippen molar-refractivity contribution in [2.24, 2.45) is 0 Å². The van der Waals surface area contributed by atoms with E-state index in [1.165, 1.54) is 6.07 Å². The van der Waals surface area contributed by atoms with Crippen LogP contribution in [0.3, 0.4) is 0 Å². The van der Waals surface area contributed by atoms with Crippen LogP contribution in [0.2, 0.25) is 0 Å². The molecule has 0 fully saturated rings. The highest BCUT2D eigenvalue weighted by Gasteiger charge is 2.30. The monoisotopic (exact) mass is 330 g/mol. The maximum atomic E-state index is 12.6. The van der Waals surface area contributed by atoms with E-state index in [1.807, 2.05) is 0 Å². The molecule has 0 radical (unpaired) electrons. The molecule has 100 valence electrons. The minimum absolute atomic E-state index is 0.409. The van der Waals surface area contributed by atoms with Crippen molar-refractivity contribution in [2.45, 2.75) is 12.7 Å². The summed E-state index contributed by atoms with van der Waals surface area (Å²) in [5.74, 6) is 0. The van der Waals surface area contributed by atoms with Gasteiger partial charge in [-0.1, -0.05) is 0 Å². The molecule has 0 amide bonds. The molecule has 0 unspecified atom stereocenters. The molecule has 1 aromatic heterocycles. The van der Waals surface area contributed by atoms with Gasteiger partial charge in [-0.3, -0.25) is 4.98 Å². The predicted octanol–water partition coefficient (Wildman–Crippen LogP) is 4.48. The third kappa shape index (κ3) is 3.70. The summed E-state index contributed by atoms with van der Waals surface area (Å²) in [4.78, 5) is 3.88. The Morgan fingerprint density at radius 3 is 2.42 bits per heavy atom. The number of hydrogen-bond donors (Lipinski definition) is 1. The van der Waals surface area contributed by atoms with Gasteiger partial charge in [-0.2, -0.15) is 13.2 Å². The minimum Gasteiger partial charge on any atom is -0.380 e. The maximum Gasteiger partial charge on any atom is 0.416 e. The van der Waals surface area contributed by atoms with E-state index >= 15 is 0 Å². The number of alkyl halides is 3. The molecule has 2 rings (SSSR count). The van der Waals surface area contributed by atoms with Gasteiger partial charge in [0.2, 0.25) is 0 Å². The van der Waals surface area contributed by atoms with E-state index in [0.29, 0.717) is 16.7 Å². The summed E-state index contributed by atoms with van der Waals surface area (Å²) in [6, 6.07) is 7.12. The first kappa shape index (κ1) is 13.9. The first-order valence-electron chi connectivity index (χ1n) is 5.46. The Morgan fingerprint density at radius 2 is 1.79 bits per heavy atom. The third-order valence-electron chi connectivity index (χ3n) is 2.53. The highest BCUT2D eigenvalue weighted by Crippen LogP contribution is 2.34. The van der Waals surface area contributed by atoms with E-state index in [1.54, 1.807) is 24.5 Å². The molecule has 1 aromatic carbocycles. The van der Waals surface area contributed by atoms with Gasteiger partial charge in [0.25, 0.3) is 0 Å². The van der Waals surface area contributed by atoms with E-state index in [9.17, 15) is 13.2 Å². The first-order valence-corrected chi connectivity index (χ1v) is 6.25. The molecule has 0 aliphatic carbocycles. The minimum atomic E-state index is -4.34. The van der Waals surface area contributed by atoms with Crippen molar-refractivity contribution in [1.29, 1.82) is 0 Å². The molecule has 0 spiro atoms. The van der Waals surface area contributed by atoms with Crippen molar-refractivity contribution in [3.8, 4) is 0 Å². The van der Waals surface area contributed by atoms with Gasteiger partial charge in [0, 0.05) is 29.1 Å². The summed E-state index contributed by atoms with van der Waals surface area (Å²) in [7, 11) is 0. The number of aromatic nitrogens is 1. The van der Waals surface area contributed by atoms with Crippen molar-refractivity contribution in [2.75, 3.05) is 5.32 Å². The quantitative estimate of drug-likeness (QED) is 0.897. The largest absolute Gasteiger partial charge is 0.416 e. The molecule has 1 N–H and O–H groups in total. The van der Waals surface area contributed by atoms with Crippen LogP contribution in [0.4, 0.5) is 18.9 Å². The third-order valence-corrected chi connectivity index (χ3v) is 3.22. The zero-order valence-corrected chi connectivity index (χ0v) is 11.3. The lowest BCUT2D eigenvalue weighted by molar-refractivity contribution is -0.137. The highest BCUT2D eigenvalue weighted by atomic mass is 79.9. The van der Waals surface area contributed by atoms with Crippen LogP contribution in [0.15, 0.2) is 47.2 Å². The molecule has 0 bridgehead atoms. The van der Waals surface area contributed by atoms with E-state index in [2.05, 4.69) is 26.2 Å². The van der Waals surface area contributed by atoms with Crippen LogP contribution in [0.5, 0.6) is 0 Å². The Balaban J connectivity index is 2.16. The topological polar surface area (TPSA) is 24.9 Å². The van der Waals surface area contributed by atoms with Crippen LogP contribution in [-0.2, 0) is 12.7 Å². The molecular formula is C13H10BrF3N2. The molecule has 1 heterocycles. The molecule has 0 aliphatic rings. The van der Waals surface area contributed by atoms with Gasteiger partial charge in [0.05, 0.1) is 5.56 Å². The molecule has 2 nitrogen and oxygen atoms in total. The Morgan fingerprint density at radius 1 is 1.11 bits per heavy atom. The van der Waals surface area contributed by atoms with Crippen LogP contribution in [-0.4, -0.2) is 4.98 Å². The lowest BCUT2D eigenvalue weighted by atomic mass is 10.2. The Bertz CT molecular complexity index is 556. The highest BCUT2D eigenvalue weighted by molar-refractivity contribution is 9.10. The number of halogens is 4. The number of nitrogens with zero attached hydrogens (tertiary/aromatic N) is 1. The van der Waals surface area contributed by atoms with Crippen LogP contribution in [0.25, 0.3) is 0 Å². The number of hydrogen-bond acceptors (Lipinski definition) is 2. The lowest BCUT2D eigenvalue weighted by Gasteiger charge is -2.12. The van der Waals surface area contributed by atoms with Crippen molar-refractivity contribution in [1.82, 2.24) is 4.98 Å². The summed E-state index contributed by atoms with van der Waals surface area (Å²) in [6.45, 7) is 0.433. The molecule has 2 aromatic rings. The van der Waals surface area contributed by atoms with Crippen molar-refractivity contribution in [3.05, 3.63) is 58.3 Å². The summed E-state index contributed by atoms with van der Waals surface area (Å²) >= 11 is 3.23. The molecule has 0 saturated carbocycles. The van der Waals surface area contributed by atoms with Crippen LogP contribution >= 0.6 is 15.9 Å². The van der Waals surface area contributed by atoms with Crippen molar-refractivity contribution >= 4 is 21.6 Å². The summed E-state index contributed by atoms with van der Waals surface area (Å²) in [5, 5.41) is 2.97. The SMILES string of the molecule is FC(F)(F)c1ccc(Br)c(NCc2ccncc2)c1. The summed E-state index contributed by atoms with van der Waals surface area (Å²) in [5.41, 5.74) is 0.680. The number of rotatable bonds is 3. The van der Waals surface area contributed by atoms with E-state index in [0.717, 1.165) is 17.7 Å². The first-order chi connectivity index (χ1) is 8.97. The van der Waals surface area contributed by atoms with Crippen molar-refractivity contribution < 1.29 is 13.2 Å². The molecule has 6 heteroatoms. The Hall–Kier alpha value is -1.56. The standard InChI is InChI=1S/C13H10BrF3N2/c14-11-2-1-10(13(15,16)17)7-12(11)19-8-9-3-5-18-6-4-9/h1-7,19H,8H2. The number of benzene rings is 1. The number of pyridine rings is 1. The van der Waals surface area contributed by atoms with Crippen LogP contribution < -0.4 is 5.32 Å². The zero-order chi connectivity index (χ0) is 13.9. The van der Waals surface area contributed by atoms with E-state index < -0.39 is 11.7 Å². The number of anilines is 1. The normalized spacial score (nSPS) is 11.4. The smallest absolute Gasteiger partial charge is 0.380 e. The Kier molecular flexibility index (Phi) is 4.09. The van der Waals surface area contributed by atoms with Crippen LogP contribution in [0.1, 0.15) is 11.1 Å². The van der Waals surface area contributed by atoms with Gasteiger partial charge in [0.1, 0.15) is 0 Å². The lowest BCUT2D eigenvalue weighted by Crippen LogP contribution is -2.07. The molecule has 0 aliphatic heterocycles. The van der Waals surface area contributed by atoms with Crippen molar-refractivity contribution in [3.63, 3.8) is 0 Å². The maximum absolute atomic E-state index is 12.6. The van der Waals surface area contributed by atoms with Crippen LogP contribution in [0, 0.1) is 0 Å². The predicted molar refractivity (Wildman–Crippen MR) is 70.7 cm³/mol. The molecule has 0 saturated heterocycles. The van der Waals surface area contributed by atoms with Gasteiger partial charge >= 0.3 is 6.18 Å². The molecule has 19 heavy (non-hydrogen) atoms. The van der Waals surface area contributed by atoms with Gasteiger partial charge in [-0.15, -0.1) is 0 Å². The zero-order valence-electron chi connectivity index (χ0n) is 9.71. The van der Waals surface area contributed by atoms with E-state index in [4.69, 9.17) is 0 Å². The average Bonchev–Trinajstić information content (AvgIpc) is 2.37. The molecular weight excluding hydrogens is 321 g/mol. The van der Waals surface area contributed by atoms with Gasteiger partial charge < -0.3 is 5.32 Å². The summed E-state index contributed by atoms with van der Waals surface area (Å²) < 4.78 is 38.4. The van der Waals surface area contributed by atoms with Gasteiger partial charge in [-0.25, -0.2) is 0 Å². The second kappa shape index (κ2) is 5.61. The number of nitrogens with one attached hydrogen (secondary N) is 1. The fourth-order valence-electron chi connectivity index (χ4n) is 1.53.